The summed E-state index contributed by atoms with van der Waals surface area (Å²) in [5.41, 5.74) is 2.52. The molecule has 25 heavy (non-hydrogen) atoms. The molecule has 0 bridgehead atoms. The fourth-order valence-electron chi connectivity index (χ4n) is 3.34. The number of rotatable bonds is 6. The molecule has 3 rings (SSSR count). The second kappa shape index (κ2) is 8.67. The molecule has 1 unspecified atom stereocenters. The van der Waals surface area contributed by atoms with E-state index < -0.39 is 0 Å². The van der Waals surface area contributed by atoms with Crippen LogP contribution >= 0.6 is 0 Å². The lowest BCUT2D eigenvalue weighted by atomic mass is 10.2. The highest BCUT2D eigenvalue weighted by molar-refractivity contribution is 5.79. The van der Waals surface area contributed by atoms with Crippen LogP contribution in [0.5, 0.6) is 0 Å². The molecule has 1 saturated heterocycles. The van der Waals surface area contributed by atoms with E-state index in [0.29, 0.717) is 12.6 Å². The molecule has 1 atom stereocenters. The molecular formula is C19H28N6. The Morgan fingerprint density at radius 2 is 2.08 bits per heavy atom. The van der Waals surface area contributed by atoms with Crippen molar-refractivity contribution in [3.63, 3.8) is 0 Å². The van der Waals surface area contributed by atoms with Crippen molar-refractivity contribution < 1.29 is 0 Å². The van der Waals surface area contributed by atoms with Gasteiger partial charge in [0.1, 0.15) is 0 Å². The largest absolute Gasteiger partial charge is 0.355 e. The predicted molar refractivity (Wildman–Crippen MR) is 101 cm³/mol. The smallest absolute Gasteiger partial charge is 0.191 e. The number of aryl methyl sites for hydroxylation is 1. The van der Waals surface area contributed by atoms with E-state index in [1.165, 1.54) is 24.9 Å². The number of hydrogen-bond donors (Lipinski definition) is 2. The summed E-state index contributed by atoms with van der Waals surface area (Å²) in [6, 6.07) is 13.3. The molecule has 1 aliphatic heterocycles. The maximum atomic E-state index is 4.33. The van der Waals surface area contributed by atoms with Crippen LogP contribution in [0.4, 0.5) is 0 Å². The van der Waals surface area contributed by atoms with Gasteiger partial charge in [-0.1, -0.05) is 30.3 Å². The lowest BCUT2D eigenvalue weighted by Crippen LogP contribution is -2.44. The van der Waals surface area contributed by atoms with Crippen molar-refractivity contribution in [1.29, 1.82) is 0 Å². The first-order valence-electron chi connectivity index (χ1n) is 8.95. The van der Waals surface area contributed by atoms with Crippen molar-refractivity contribution in [1.82, 2.24) is 25.3 Å². The zero-order valence-corrected chi connectivity index (χ0v) is 15.2. The molecule has 6 heteroatoms. The number of aromatic nitrogens is 2. The van der Waals surface area contributed by atoms with Crippen LogP contribution < -0.4 is 10.6 Å². The molecule has 0 spiro atoms. The Balaban J connectivity index is 1.48. The fraction of sp³-hybridized carbons (Fsp3) is 0.474. The van der Waals surface area contributed by atoms with Crippen molar-refractivity contribution in [2.45, 2.75) is 32.0 Å². The predicted octanol–water partition coefficient (Wildman–Crippen LogP) is 1.75. The molecule has 2 aromatic rings. The minimum atomic E-state index is 0.551. The summed E-state index contributed by atoms with van der Waals surface area (Å²) >= 11 is 0. The van der Waals surface area contributed by atoms with E-state index in [9.17, 15) is 0 Å². The van der Waals surface area contributed by atoms with Gasteiger partial charge in [0.25, 0.3) is 0 Å². The van der Waals surface area contributed by atoms with E-state index in [1.54, 1.807) is 0 Å². The second-order valence-corrected chi connectivity index (χ2v) is 6.50. The summed E-state index contributed by atoms with van der Waals surface area (Å²) in [5.74, 6) is 0.841. The van der Waals surface area contributed by atoms with Crippen molar-refractivity contribution in [3.8, 4) is 0 Å². The molecule has 1 fully saturated rings. The number of aliphatic imine (C=N–C) groups is 1. The number of guanidine groups is 1. The lowest BCUT2D eigenvalue weighted by molar-refractivity contribution is 0.245. The quantitative estimate of drug-likeness (QED) is 0.621. The molecule has 1 aromatic heterocycles. The van der Waals surface area contributed by atoms with Crippen molar-refractivity contribution in [2.75, 3.05) is 20.1 Å². The summed E-state index contributed by atoms with van der Waals surface area (Å²) < 4.78 is 1.87. The monoisotopic (exact) mass is 340 g/mol. The SMILES string of the molecule is CN=C(NCc1ccnn1C)NCC1CCCN1Cc1ccccc1. The molecule has 0 radical (unpaired) electrons. The minimum absolute atomic E-state index is 0.551. The van der Waals surface area contributed by atoms with E-state index in [1.807, 2.05) is 31.0 Å². The van der Waals surface area contributed by atoms with E-state index >= 15 is 0 Å². The minimum Gasteiger partial charge on any atom is -0.355 e. The summed E-state index contributed by atoms with van der Waals surface area (Å²) in [7, 11) is 3.77. The Bertz CT molecular complexity index is 678. The summed E-state index contributed by atoms with van der Waals surface area (Å²) in [5, 5.41) is 11.0. The molecule has 6 nitrogen and oxygen atoms in total. The van der Waals surface area contributed by atoms with Gasteiger partial charge in [0.2, 0.25) is 0 Å². The maximum absolute atomic E-state index is 4.33. The van der Waals surface area contributed by atoms with Gasteiger partial charge in [-0.05, 0) is 31.0 Å². The Labute approximate surface area is 149 Å². The van der Waals surface area contributed by atoms with Gasteiger partial charge in [0, 0.05) is 39.4 Å². The highest BCUT2D eigenvalue weighted by Crippen LogP contribution is 2.19. The third kappa shape index (κ3) is 4.82. The molecule has 134 valence electrons. The van der Waals surface area contributed by atoms with Gasteiger partial charge < -0.3 is 10.6 Å². The number of likely N-dealkylation sites (tertiary alicyclic amines) is 1. The number of nitrogens with zero attached hydrogens (tertiary/aromatic N) is 4. The Kier molecular flexibility index (Phi) is 6.06. The van der Waals surface area contributed by atoms with Crippen molar-refractivity contribution in [3.05, 3.63) is 53.9 Å². The van der Waals surface area contributed by atoms with E-state index in [-0.39, 0.29) is 0 Å². The van der Waals surface area contributed by atoms with Crippen molar-refractivity contribution in [2.24, 2.45) is 12.0 Å². The Hall–Kier alpha value is -2.34. The normalized spacial score (nSPS) is 18.5. The standard InChI is InChI=1S/C19H28N6/c1-20-19(21-13-17-10-11-23-24(17)2)22-14-18-9-6-12-25(18)15-16-7-4-3-5-8-16/h3-5,7-8,10-11,18H,6,9,12-15H2,1-2H3,(H2,20,21,22). The van der Waals surface area contributed by atoms with Crippen LogP contribution in [0.3, 0.4) is 0 Å². The van der Waals surface area contributed by atoms with Gasteiger partial charge >= 0.3 is 0 Å². The second-order valence-electron chi connectivity index (χ2n) is 6.50. The third-order valence-electron chi connectivity index (χ3n) is 4.82. The Morgan fingerprint density at radius 1 is 1.24 bits per heavy atom. The van der Waals surface area contributed by atoms with Crippen LogP contribution in [-0.2, 0) is 20.1 Å². The van der Waals surface area contributed by atoms with Crippen LogP contribution in [0.25, 0.3) is 0 Å². The van der Waals surface area contributed by atoms with Gasteiger partial charge in [-0.25, -0.2) is 0 Å². The van der Waals surface area contributed by atoms with Gasteiger partial charge in [0.05, 0.1) is 12.2 Å². The first kappa shape index (κ1) is 17.5. The van der Waals surface area contributed by atoms with E-state index in [0.717, 1.165) is 24.7 Å². The van der Waals surface area contributed by atoms with Gasteiger partial charge in [-0.3, -0.25) is 14.6 Å². The lowest BCUT2D eigenvalue weighted by Gasteiger charge is -2.25. The molecular weight excluding hydrogens is 312 g/mol. The van der Waals surface area contributed by atoms with E-state index in [4.69, 9.17) is 0 Å². The number of nitrogens with one attached hydrogen (secondary N) is 2. The molecule has 2 heterocycles. The molecule has 0 aliphatic carbocycles. The van der Waals surface area contributed by atoms with Crippen LogP contribution in [0.2, 0.25) is 0 Å². The van der Waals surface area contributed by atoms with Crippen LogP contribution in [0.15, 0.2) is 47.6 Å². The third-order valence-corrected chi connectivity index (χ3v) is 4.82. The molecule has 0 saturated carbocycles. The molecule has 2 N–H and O–H groups in total. The first-order chi connectivity index (χ1) is 12.3. The zero-order valence-electron chi connectivity index (χ0n) is 15.2. The topological polar surface area (TPSA) is 57.5 Å². The zero-order chi connectivity index (χ0) is 17.5. The number of hydrogen-bond acceptors (Lipinski definition) is 3. The molecule has 0 amide bonds. The highest BCUT2D eigenvalue weighted by atomic mass is 15.3. The van der Waals surface area contributed by atoms with Crippen LogP contribution in [0.1, 0.15) is 24.1 Å². The van der Waals surface area contributed by atoms with Gasteiger partial charge in [-0.15, -0.1) is 0 Å². The average molecular weight is 340 g/mol. The highest BCUT2D eigenvalue weighted by Gasteiger charge is 2.24. The van der Waals surface area contributed by atoms with Crippen molar-refractivity contribution >= 4 is 5.96 Å². The summed E-state index contributed by atoms with van der Waals surface area (Å²) in [4.78, 5) is 6.90. The number of benzene rings is 1. The average Bonchev–Trinajstić information content (AvgIpc) is 3.25. The first-order valence-corrected chi connectivity index (χ1v) is 8.95. The van der Waals surface area contributed by atoms with Gasteiger partial charge in [0.15, 0.2) is 5.96 Å². The van der Waals surface area contributed by atoms with E-state index in [2.05, 4.69) is 56.0 Å². The van der Waals surface area contributed by atoms with Crippen LogP contribution in [0, 0.1) is 0 Å². The summed E-state index contributed by atoms with van der Waals surface area (Å²) in [6.07, 6.45) is 4.31. The maximum Gasteiger partial charge on any atom is 0.191 e. The molecule has 1 aliphatic rings. The summed E-state index contributed by atoms with van der Waals surface area (Å²) in [6.45, 7) is 3.82. The molecule has 1 aromatic carbocycles. The van der Waals surface area contributed by atoms with Crippen LogP contribution in [-0.4, -0.2) is 46.8 Å². The fourth-order valence-corrected chi connectivity index (χ4v) is 3.34. The Morgan fingerprint density at radius 3 is 2.80 bits per heavy atom. The van der Waals surface area contributed by atoms with Gasteiger partial charge in [-0.2, -0.15) is 5.10 Å².